The number of ether oxygens (including phenoxy) is 1. The van der Waals surface area contributed by atoms with E-state index in [2.05, 4.69) is 15.9 Å². The molecule has 0 N–H and O–H groups in total. The highest BCUT2D eigenvalue weighted by Crippen LogP contribution is 2.38. The average molecular weight is 508 g/mol. The van der Waals surface area contributed by atoms with E-state index < -0.39 is 6.04 Å². The van der Waals surface area contributed by atoms with E-state index in [0.29, 0.717) is 29.5 Å². The van der Waals surface area contributed by atoms with E-state index in [9.17, 15) is 14.0 Å². The maximum Gasteiger partial charge on any atom is 0.290 e. The third-order valence-electron chi connectivity index (χ3n) is 5.91. The molecule has 3 aromatic carbocycles. The molecule has 1 amide bonds. The van der Waals surface area contributed by atoms with Crippen molar-refractivity contribution in [2.24, 2.45) is 0 Å². The number of nitrogens with zero attached hydrogens (tertiary/aromatic N) is 1. The minimum Gasteiger partial charge on any atom is -0.497 e. The number of halogens is 2. The lowest BCUT2D eigenvalue weighted by molar-refractivity contribution is 0.0730. The Morgan fingerprint density at radius 1 is 1.03 bits per heavy atom. The first-order chi connectivity index (χ1) is 16.0. The van der Waals surface area contributed by atoms with Gasteiger partial charge in [-0.1, -0.05) is 40.2 Å². The molecular formula is C26H19BrFNO4. The molecule has 0 saturated heterocycles. The van der Waals surface area contributed by atoms with Crippen molar-refractivity contribution in [2.75, 3.05) is 13.7 Å². The molecule has 166 valence electrons. The molecule has 1 aromatic heterocycles. The zero-order chi connectivity index (χ0) is 23.1. The number of carbonyl (C=O) groups is 1. The molecule has 0 fully saturated rings. The number of fused-ring (bicyclic) bond motifs is 2. The normalized spacial score (nSPS) is 15.2. The number of hydrogen-bond donors (Lipinski definition) is 0. The lowest BCUT2D eigenvalue weighted by Crippen LogP contribution is -2.31. The molecule has 7 heteroatoms. The quantitative estimate of drug-likeness (QED) is 0.358. The molecule has 1 unspecified atom stereocenters. The highest BCUT2D eigenvalue weighted by atomic mass is 79.9. The van der Waals surface area contributed by atoms with Crippen LogP contribution >= 0.6 is 15.9 Å². The van der Waals surface area contributed by atoms with Crippen molar-refractivity contribution in [1.29, 1.82) is 0 Å². The maximum absolute atomic E-state index is 13.6. The van der Waals surface area contributed by atoms with Gasteiger partial charge in [0.2, 0.25) is 5.76 Å². The van der Waals surface area contributed by atoms with Crippen LogP contribution in [0.1, 0.15) is 33.3 Å². The molecule has 4 aromatic rings. The summed E-state index contributed by atoms with van der Waals surface area (Å²) in [6.07, 6.45) is 0.570. The summed E-state index contributed by atoms with van der Waals surface area (Å²) in [6.45, 7) is 0.358. The second-order valence-corrected chi connectivity index (χ2v) is 8.78. The van der Waals surface area contributed by atoms with Gasteiger partial charge in [0.25, 0.3) is 5.91 Å². The molecule has 1 atom stereocenters. The Hall–Kier alpha value is -3.45. The summed E-state index contributed by atoms with van der Waals surface area (Å²) < 4.78 is 25.5. The van der Waals surface area contributed by atoms with Gasteiger partial charge in [-0.3, -0.25) is 9.59 Å². The third-order valence-corrected chi connectivity index (χ3v) is 6.41. The molecule has 0 aliphatic carbocycles. The van der Waals surface area contributed by atoms with E-state index >= 15 is 0 Å². The number of hydrogen-bond acceptors (Lipinski definition) is 4. The first kappa shape index (κ1) is 21.4. The van der Waals surface area contributed by atoms with Crippen molar-refractivity contribution < 1.29 is 18.3 Å². The summed E-state index contributed by atoms with van der Waals surface area (Å²) in [6, 6.07) is 17.9. The predicted octanol–water partition coefficient (Wildman–Crippen LogP) is 5.49. The minimum atomic E-state index is -0.661. The lowest BCUT2D eigenvalue weighted by Gasteiger charge is -2.25. The molecule has 0 spiro atoms. The van der Waals surface area contributed by atoms with Gasteiger partial charge < -0.3 is 14.1 Å². The van der Waals surface area contributed by atoms with Gasteiger partial charge >= 0.3 is 0 Å². The highest BCUT2D eigenvalue weighted by Gasteiger charge is 2.42. The lowest BCUT2D eigenvalue weighted by atomic mass is 9.98. The van der Waals surface area contributed by atoms with Gasteiger partial charge in [0.1, 0.15) is 17.1 Å². The molecule has 1 aliphatic rings. The standard InChI is InChI=1S/C26H19BrFNO4/c1-32-19-9-2-15(3-10-19)12-13-29-23(16-4-7-18(28)8-5-16)22-24(30)20-14-17(27)6-11-21(20)33-25(22)26(29)31/h2-11,14,23H,12-13H2,1H3. The fourth-order valence-electron chi connectivity index (χ4n) is 4.26. The first-order valence-electron chi connectivity index (χ1n) is 10.4. The van der Waals surface area contributed by atoms with Crippen molar-refractivity contribution >= 4 is 32.8 Å². The summed E-state index contributed by atoms with van der Waals surface area (Å²) in [5.74, 6) is 0.0523. The first-order valence-corrected chi connectivity index (χ1v) is 11.2. The van der Waals surface area contributed by atoms with Crippen LogP contribution in [0.15, 0.2) is 80.4 Å². The van der Waals surface area contributed by atoms with E-state index in [0.717, 1.165) is 15.8 Å². The van der Waals surface area contributed by atoms with Gasteiger partial charge in [-0.25, -0.2) is 4.39 Å². The molecule has 5 nitrogen and oxygen atoms in total. The molecule has 5 rings (SSSR count). The minimum absolute atomic E-state index is 0.0406. The Kier molecular flexibility index (Phi) is 5.50. The monoisotopic (exact) mass is 507 g/mol. The summed E-state index contributed by atoms with van der Waals surface area (Å²) in [5.41, 5.74) is 2.05. The van der Waals surface area contributed by atoms with Crippen LogP contribution in [0.2, 0.25) is 0 Å². The van der Waals surface area contributed by atoms with Gasteiger partial charge in [-0.05, 0) is 60.0 Å². The Bertz CT molecular complexity index is 1410. The van der Waals surface area contributed by atoms with Crippen molar-refractivity contribution in [3.8, 4) is 5.75 Å². The maximum atomic E-state index is 13.6. The SMILES string of the molecule is COc1ccc(CCN2C(=O)c3oc4ccc(Br)cc4c(=O)c3C2c2ccc(F)cc2)cc1. The highest BCUT2D eigenvalue weighted by molar-refractivity contribution is 9.10. The van der Waals surface area contributed by atoms with Crippen molar-refractivity contribution in [3.05, 3.63) is 110 Å². The number of carbonyl (C=O) groups excluding carboxylic acids is 1. The topological polar surface area (TPSA) is 59.8 Å². The van der Waals surface area contributed by atoms with Crippen molar-refractivity contribution in [3.63, 3.8) is 0 Å². The largest absolute Gasteiger partial charge is 0.497 e. The molecular weight excluding hydrogens is 489 g/mol. The van der Waals surface area contributed by atoms with Crippen LogP contribution in [0.25, 0.3) is 11.0 Å². The zero-order valence-corrected chi connectivity index (χ0v) is 19.3. The number of amides is 1. The third kappa shape index (κ3) is 3.82. The van der Waals surface area contributed by atoms with E-state index in [1.807, 2.05) is 24.3 Å². The van der Waals surface area contributed by atoms with Gasteiger partial charge in [-0.15, -0.1) is 0 Å². The zero-order valence-electron chi connectivity index (χ0n) is 17.7. The van der Waals surface area contributed by atoms with Gasteiger partial charge in [0.05, 0.1) is 24.1 Å². The molecule has 33 heavy (non-hydrogen) atoms. The fourth-order valence-corrected chi connectivity index (χ4v) is 4.62. The van der Waals surface area contributed by atoms with E-state index in [1.165, 1.54) is 12.1 Å². The molecule has 2 heterocycles. The number of rotatable bonds is 5. The Morgan fingerprint density at radius 2 is 1.76 bits per heavy atom. The van der Waals surface area contributed by atoms with Crippen LogP contribution < -0.4 is 10.2 Å². The van der Waals surface area contributed by atoms with E-state index in [4.69, 9.17) is 9.15 Å². The van der Waals surface area contributed by atoms with Crippen LogP contribution in [0.5, 0.6) is 5.75 Å². The van der Waals surface area contributed by atoms with Gasteiger partial charge in [0, 0.05) is 11.0 Å². The summed E-state index contributed by atoms with van der Waals surface area (Å²) in [4.78, 5) is 28.6. The van der Waals surface area contributed by atoms with E-state index in [-0.39, 0.29) is 28.5 Å². The Morgan fingerprint density at radius 3 is 2.45 bits per heavy atom. The number of methoxy groups -OCH3 is 1. The van der Waals surface area contributed by atoms with Crippen LogP contribution in [0.3, 0.4) is 0 Å². The Labute approximate surface area is 197 Å². The predicted molar refractivity (Wildman–Crippen MR) is 126 cm³/mol. The van der Waals surface area contributed by atoms with Crippen LogP contribution in [0, 0.1) is 5.82 Å². The smallest absolute Gasteiger partial charge is 0.290 e. The number of benzene rings is 3. The van der Waals surface area contributed by atoms with Gasteiger partial charge in [-0.2, -0.15) is 0 Å². The second kappa shape index (κ2) is 8.48. The molecule has 0 saturated carbocycles. The molecule has 0 bridgehead atoms. The molecule has 1 aliphatic heterocycles. The van der Waals surface area contributed by atoms with Crippen molar-refractivity contribution in [2.45, 2.75) is 12.5 Å². The molecule has 0 radical (unpaired) electrons. The van der Waals surface area contributed by atoms with E-state index in [1.54, 1.807) is 42.3 Å². The fraction of sp³-hybridized carbons (Fsp3) is 0.154. The Balaban J connectivity index is 1.60. The van der Waals surface area contributed by atoms with Crippen LogP contribution in [0.4, 0.5) is 4.39 Å². The summed E-state index contributed by atoms with van der Waals surface area (Å²) >= 11 is 3.39. The summed E-state index contributed by atoms with van der Waals surface area (Å²) in [7, 11) is 1.61. The van der Waals surface area contributed by atoms with Gasteiger partial charge in [0.15, 0.2) is 5.43 Å². The van der Waals surface area contributed by atoms with Crippen molar-refractivity contribution in [1.82, 2.24) is 4.90 Å². The summed E-state index contributed by atoms with van der Waals surface area (Å²) in [5, 5.41) is 0.389. The van der Waals surface area contributed by atoms with Crippen LogP contribution in [-0.2, 0) is 6.42 Å². The average Bonchev–Trinajstić information content (AvgIpc) is 3.11. The second-order valence-electron chi connectivity index (χ2n) is 7.87. The van der Waals surface area contributed by atoms with Crippen LogP contribution in [-0.4, -0.2) is 24.5 Å².